The quantitative estimate of drug-likeness (QED) is 0.669. The molecular formula is C15H21Br. The predicted molar refractivity (Wildman–Crippen MR) is 74.1 cm³/mol. The Labute approximate surface area is 108 Å². The highest BCUT2D eigenvalue weighted by Gasteiger charge is 2.16. The molecule has 0 bridgehead atoms. The van der Waals surface area contributed by atoms with Crippen molar-refractivity contribution in [2.45, 2.75) is 49.8 Å². The van der Waals surface area contributed by atoms with Crippen LogP contribution in [0.2, 0.25) is 0 Å². The molecule has 1 atom stereocenters. The van der Waals surface area contributed by atoms with Crippen LogP contribution in [0.4, 0.5) is 0 Å². The van der Waals surface area contributed by atoms with Crippen LogP contribution in [0.15, 0.2) is 30.3 Å². The van der Waals surface area contributed by atoms with Crippen molar-refractivity contribution in [2.24, 2.45) is 5.92 Å². The molecule has 1 unspecified atom stereocenters. The van der Waals surface area contributed by atoms with Gasteiger partial charge < -0.3 is 0 Å². The molecule has 1 heteroatoms. The lowest BCUT2D eigenvalue weighted by Crippen LogP contribution is -2.05. The third-order valence-electron chi connectivity index (χ3n) is 3.66. The number of rotatable bonds is 5. The summed E-state index contributed by atoms with van der Waals surface area (Å²) >= 11 is 3.82. The van der Waals surface area contributed by atoms with Crippen LogP contribution in [0.1, 0.15) is 44.1 Å². The summed E-state index contributed by atoms with van der Waals surface area (Å²) in [7, 11) is 0. The van der Waals surface area contributed by atoms with Gasteiger partial charge in [0.25, 0.3) is 0 Å². The molecule has 1 saturated carbocycles. The van der Waals surface area contributed by atoms with E-state index < -0.39 is 0 Å². The second kappa shape index (κ2) is 6.44. The van der Waals surface area contributed by atoms with Crippen molar-refractivity contribution in [3.8, 4) is 0 Å². The molecule has 0 nitrogen and oxygen atoms in total. The monoisotopic (exact) mass is 280 g/mol. The Hall–Kier alpha value is -0.300. The van der Waals surface area contributed by atoms with Crippen LogP contribution in [0.5, 0.6) is 0 Å². The van der Waals surface area contributed by atoms with Crippen molar-refractivity contribution in [3.63, 3.8) is 0 Å². The largest absolute Gasteiger partial charge is 0.0887 e. The molecule has 1 aliphatic carbocycles. The molecule has 0 aliphatic heterocycles. The lowest BCUT2D eigenvalue weighted by atomic mass is 9.98. The van der Waals surface area contributed by atoms with E-state index in [9.17, 15) is 0 Å². The van der Waals surface area contributed by atoms with Crippen LogP contribution in [0, 0.1) is 5.92 Å². The Kier molecular flexibility index (Phi) is 4.90. The maximum atomic E-state index is 3.82. The molecule has 1 aromatic rings. The smallest absolute Gasteiger partial charge is 0.0186 e. The highest BCUT2D eigenvalue weighted by Crippen LogP contribution is 2.30. The molecular weight excluding hydrogens is 260 g/mol. The molecule has 16 heavy (non-hydrogen) atoms. The maximum Gasteiger partial charge on any atom is 0.0186 e. The first-order valence-electron chi connectivity index (χ1n) is 6.52. The first-order chi connectivity index (χ1) is 7.84. The Morgan fingerprint density at radius 2 is 1.81 bits per heavy atom. The topological polar surface area (TPSA) is 0 Å². The summed E-state index contributed by atoms with van der Waals surface area (Å²) in [6.45, 7) is 0. The van der Waals surface area contributed by atoms with Gasteiger partial charge in [0.2, 0.25) is 0 Å². The van der Waals surface area contributed by atoms with Crippen molar-refractivity contribution in [1.82, 2.24) is 0 Å². The van der Waals surface area contributed by atoms with Crippen LogP contribution in [0.3, 0.4) is 0 Å². The number of alkyl halides is 1. The second-order valence-corrected chi connectivity index (χ2v) is 6.31. The summed E-state index contributed by atoms with van der Waals surface area (Å²) in [6, 6.07) is 10.8. The Bertz CT molecular complexity index is 288. The Balaban J connectivity index is 1.69. The van der Waals surface area contributed by atoms with Gasteiger partial charge in [0.15, 0.2) is 0 Å². The van der Waals surface area contributed by atoms with Gasteiger partial charge in [-0.25, -0.2) is 0 Å². The zero-order chi connectivity index (χ0) is 11.2. The van der Waals surface area contributed by atoms with Crippen molar-refractivity contribution in [2.75, 3.05) is 0 Å². The molecule has 0 radical (unpaired) electrons. The third-order valence-corrected chi connectivity index (χ3v) is 4.44. The van der Waals surface area contributed by atoms with Gasteiger partial charge in [0, 0.05) is 4.83 Å². The molecule has 0 heterocycles. The summed E-state index contributed by atoms with van der Waals surface area (Å²) in [4.78, 5) is 0.662. The minimum atomic E-state index is 0.662. The van der Waals surface area contributed by atoms with Crippen molar-refractivity contribution >= 4 is 15.9 Å². The summed E-state index contributed by atoms with van der Waals surface area (Å²) in [5.74, 6) is 1.02. The van der Waals surface area contributed by atoms with E-state index in [2.05, 4.69) is 46.3 Å². The summed E-state index contributed by atoms with van der Waals surface area (Å²) in [6.07, 6.45) is 9.82. The molecule has 1 fully saturated rings. The van der Waals surface area contributed by atoms with E-state index in [4.69, 9.17) is 0 Å². The highest BCUT2D eigenvalue weighted by molar-refractivity contribution is 9.09. The van der Waals surface area contributed by atoms with E-state index in [-0.39, 0.29) is 0 Å². The van der Waals surface area contributed by atoms with Crippen molar-refractivity contribution in [3.05, 3.63) is 35.9 Å². The van der Waals surface area contributed by atoms with E-state index in [0.717, 1.165) is 5.92 Å². The average molecular weight is 281 g/mol. The molecule has 0 aromatic heterocycles. The van der Waals surface area contributed by atoms with Gasteiger partial charge in [-0.15, -0.1) is 0 Å². The predicted octanol–water partition coefficient (Wildman–Crippen LogP) is 4.96. The standard InChI is InChI=1S/C15H21Br/c16-15(11-10-13-6-4-5-7-13)12-14-8-2-1-3-9-14/h1-3,8-9,13,15H,4-7,10-12H2. The fourth-order valence-electron chi connectivity index (χ4n) is 2.69. The van der Waals surface area contributed by atoms with E-state index in [1.807, 2.05) is 0 Å². The molecule has 0 saturated heterocycles. The average Bonchev–Trinajstić information content (AvgIpc) is 2.81. The van der Waals surface area contributed by atoms with Gasteiger partial charge in [-0.2, -0.15) is 0 Å². The first-order valence-corrected chi connectivity index (χ1v) is 7.44. The van der Waals surface area contributed by atoms with Gasteiger partial charge in [-0.05, 0) is 30.7 Å². The Morgan fingerprint density at radius 3 is 2.50 bits per heavy atom. The normalized spacial score (nSPS) is 18.8. The molecule has 1 aromatic carbocycles. The Morgan fingerprint density at radius 1 is 1.12 bits per heavy atom. The van der Waals surface area contributed by atoms with E-state index in [1.54, 1.807) is 0 Å². The minimum Gasteiger partial charge on any atom is -0.0887 e. The van der Waals surface area contributed by atoms with E-state index in [1.165, 1.54) is 50.5 Å². The van der Waals surface area contributed by atoms with Gasteiger partial charge in [0.1, 0.15) is 0 Å². The van der Waals surface area contributed by atoms with Crippen LogP contribution in [0.25, 0.3) is 0 Å². The molecule has 0 N–H and O–H groups in total. The zero-order valence-corrected chi connectivity index (χ0v) is 11.5. The number of hydrogen-bond acceptors (Lipinski definition) is 0. The fraction of sp³-hybridized carbons (Fsp3) is 0.600. The summed E-state index contributed by atoms with van der Waals surface area (Å²) < 4.78 is 0. The molecule has 2 rings (SSSR count). The van der Waals surface area contributed by atoms with E-state index >= 15 is 0 Å². The number of halogens is 1. The second-order valence-electron chi connectivity index (χ2n) is 5.01. The van der Waals surface area contributed by atoms with E-state index in [0.29, 0.717) is 4.83 Å². The van der Waals surface area contributed by atoms with Crippen LogP contribution < -0.4 is 0 Å². The lowest BCUT2D eigenvalue weighted by Gasteiger charge is -2.13. The maximum absolute atomic E-state index is 3.82. The summed E-state index contributed by atoms with van der Waals surface area (Å²) in [5.41, 5.74) is 1.45. The number of hydrogen-bond donors (Lipinski definition) is 0. The molecule has 1 aliphatic rings. The lowest BCUT2D eigenvalue weighted by molar-refractivity contribution is 0.479. The van der Waals surface area contributed by atoms with Crippen molar-refractivity contribution < 1.29 is 0 Å². The van der Waals surface area contributed by atoms with Gasteiger partial charge in [-0.3, -0.25) is 0 Å². The van der Waals surface area contributed by atoms with Crippen LogP contribution in [-0.4, -0.2) is 4.83 Å². The molecule has 0 spiro atoms. The minimum absolute atomic E-state index is 0.662. The SMILES string of the molecule is BrC(CCC1CCCC1)Cc1ccccc1. The first kappa shape index (κ1) is 12.2. The van der Waals surface area contributed by atoms with Crippen LogP contribution in [-0.2, 0) is 6.42 Å². The van der Waals surface area contributed by atoms with Crippen molar-refractivity contribution in [1.29, 1.82) is 0 Å². The molecule has 0 amide bonds. The van der Waals surface area contributed by atoms with Gasteiger partial charge in [-0.1, -0.05) is 71.9 Å². The fourth-order valence-corrected chi connectivity index (χ4v) is 3.33. The summed E-state index contributed by atoms with van der Waals surface area (Å²) in [5, 5.41) is 0. The molecule has 88 valence electrons. The van der Waals surface area contributed by atoms with Crippen LogP contribution >= 0.6 is 15.9 Å². The van der Waals surface area contributed by atoms with Gasteiger partial charge >= 0.3 is 0 Å². The zero-order valence-electron chi connectivity index (χ0n) is 9.87. The van der Waals surface area contributed by atoms with Gasteiger partial charge in [0.05, 0.1) is 0 Å². The highest BCUT2D eigenvalue weighted by atomic mass is 79.9. The number of benzene rings is 1. The third kappa shape index (κ3) is 3.93.